The number of H-pyrrole nitrogens is 1. The Morgan fingerprint density at radius 2 is 1.93 bits per heavy atom. The molecule has 1 fully saturated rings. The summed E-state index contributed by atoms with van der Waals surface area (Å²) >= 11 is 0. The molecule has 6 heteroatoms. The molecule has 2 aromatic carbocycles. The van der Waals surface area contributed by atoms with Crippen LogP contribution in [-0.2, 0) is 0 Å². The molecule has 0 radical (unpaired) electrons. The number of nitrogens with zero attached hydrogens (tertiary/aromatic N) is 2. The summed E-state index contributed by atoms with van der Waals surface area (Å²) in [4.78, 5) is 21.0. The molecule has 3 aromatic rings. The number of carbonyl (C=O) groups is 1. The number of para-hydroxylation sites is 2. The average Bonchev–Trinajstić information content (AvgIpc) is 3.34. The van der Waals surface area contributed by atoms with E-state index in [4.69, 9.17) is 4.74 Å². The van der Waals surface area contributed by atoms with Crippen molar-refractivity contribution >= 4 is 28.2 Å². The van der Waals surface area contributed by atoms with Crippen molar-refractivity contribution in [3.8, 4) is 5.75 Å². The van der Waals surface area contributed by atoms with E-state index in [9.17, 15) is 4.79 Å². The summed E-state index contributed by atoms with van der Waals surface area (Å²) in [6.45, 7) is 4.42. The van der Waals surface area contributed by atoms with Crippen LogP contribution in [0, 0.1) is 6.92 Å². The lowest BCUT2D eigenvalue weighted by Gasteiger charge is -2.37. The fraction of sp³-hybridized carbons (Fsp3) is 0.348. The highest BCUT2D eigenvalue weighted by Crippen LogP contribution is 2.35. The van der Waals surface area contributed by atoms with Gasteiger partial charge >= 0.3 is 0 Å². The maximum absolute atomic E-state index is 13.2. The predicted molar refractivity (Wildman–Crippen MR) is 116 cm³/mol. The minimum absolute atomic E-state index is 0.0936. The van der Waals surface area contributed by atoms with Gasteiger partial charge in [-0.25, -0.2) is 0 Å². The molecular formula is C23H26N4O2. The van der Waals surface area contributed by atoms with Crippen molar-refractivity contribution in [2.24, 2.45) is 0 Å². The summed E-state index contributed by atoms with van der Waals surface area (Å²) in [5.41, 5.74) is 5.12. The second-order valence-corrected chi connectivity index (χ2v) is 7.88. The molecule has 0 spiro atoms. The summed E-state index contributed by atoms with van der Waals surface area (Å²) in [6.07, 6.45) is 1.96. The van der Waals surface area contributed by atoms with Crippen LogP contribution in [0.3, 0.4) is 0 Å². The quantitative estimate of drug-likeness (QED) is 0.710. The number of piperidine rings is 1. The van der Waals surface area contributed by atoms with Crippen LogP contribution in [0.5, 0.6) is 5.75 Å². The maximum Gasteiger partial charge on any atom is 0.270 e. The number of methoxy groups -OCH3 is 1. The van der Waals surface area contributed by atoms with E-state index in [1.165, 1.54) is 11.4 Å². The van der Waals surface area contributed by atoms with Gasteiger partial charge in [-0.1, -0.05) is 12.1 Å². The number of hydrogen-bond donors (Lipinski definition) is 2. The molecule has 1 aromatic heterocycles. The third kappa shape index (κ3) is 2.99. The Bertz CT molecular complexity index is 1070. The molecule has 2 aliphatic heterocycles. The first kappa shape index (κ1) is 17.9. The lowest BCUT2D eigenvalue weighted by atomic mass is 10.0. The largest absolute Gasteiger partial charge is 0.497 e. The number of aromatic amines is 1. The van der Waals surface area contributed by atoms with Crippen molar-refractivity contribution in [1.82, 2.24) is 9.88 Å². The zero-order chi connectivity index (χ0) is 20.0. The Morgan fingerprint density at radius 3 is 2.72 bits per heavy atom. The normalized spacial score (nSPS) is 16.8. The number of aromatic nitrogens is 1. The first-order valence-electron chi connectivity index (χ1n) is 10.2. The topological polar surface area (TPSA) is 60.6 Å². The molecule has 5 rings (SSSR count). The van der Waals surface area contributed by atoms with Crippen molar-refractivity contribution in [2.75, 3.05) is 37.1 Å². The zero-order valence-electron chi connectivity index (χ0n) is 16.9. The number of fused-ring (bicyclic) bond motifs is 2. The van der Waals surface area contributed by atoms with Crippen LogP contribution in [0.25, 0.3) is 10.9 Å². The van der Waals surface area contributed by atoms with Gasteiger partial charge in [0.1, 0.15) is 11.4 Å². The second kappa shape index (κ2) is 7.03. The van der Waals surface area contributed by atoms with Crippen LogP contribution in [-0.4, -0.2) is 48.7 Å². The molecule has 2 N–H and O–H groups in total. The summed E-state index contributed by atoms with van der Waals surface area (Å²) in [5, 5.41) is 4.54. The lowest BCUT2D eigenvalue weighted by molar-refractivity contribution is 0.0707. The van der Waals surface area contributed by atoms with Gasteiger partial charge in [0.25, 0.3) is 5.91 Å². The van der Waals surface area contributed by atoms with Gasteiger partial charge in [-0.2, -0.15) is 0 Å². The smallest absolute Gasteiger partial charge is 0.270 e. The van der Waals surface area contributed by atoms with Crippen molar-refractivity contribution in [3.63, 3.8) is 0 Å². The molecular weight excluding hydrogens is 364 g/mol. The number of ether oxygens (including phenoxy) is 1. The molecule has 150 valence electrons. The monoisotopic (exact) mass is 390 g/mol. The predicted octanol–water partition coefficient (Wildman–Crippen LogP) is 3.98. The molecule has 0 aliphatic carbocycles. The van der Waals surface area contributed by atoms with E-state index in [1.54, 1.807) is 7.11 Å². The second-order valence-electron chi connectivity index (χ2n) is 7.88. The highest BCUT2D eigenvalue weighted by atomic mass is 16.5. The Morgan fingerprint density at radius 1 is 1.14 bits per heavy atom. The summed E-state index contributed by atoms with van der Waals surface area (Å²) in [7, 11) is 1.65. The zero-order valence-corrected chi connectivity index (χ0v) is 16.9. The fourth-order valence-corrected chi connectivity index (χ4v) is 4.65. The lowest BCUT2D eigenvalue weighted by Crippen LogP contribution is -2.47. The van der Waals surface area contributed by atoms with Crippen molar-refractivity contribution in [1.29, 1.82) is 0 Å². The van der Waals surface area contributed by atoms with Crippen molar-refractivity contribution < 1.29 is 9.53 Å². The summed E-state index contributed by atoms with van der Waals surface area (Å²) in [5.74, 6) is 0.883. The molecule has 1 amide bonds. The van der Waals surface area contributed by atoms with Crippen LogP contribution < -0.4 is 15.0 Å². The Balaban J connectivity index is 1.31. The number of nitrogens with one attached hydrogen (secondary N) is 2. The number of benzene rings is 2. The minimum atomic E-state index is 0.0936. The van der Waals surface area contributed by atoms with E-state index in [2.05, 4.69) is 39.5 Å². The van der Waals surface area contributed by atoms with Crippen LogP contribution in [0.1, 0.15) is 28.9 Å². The number of hydrogen-bond acceptors (Lipinski definition) is 4. The van der Waals surface area contributed by atoms with Crippen molar-refractivity contribution in [3.05, 3.63) is 53.7 Å². The third-order valence-electron chi connectivity index (χ3n) is 6.33. The first-order valence-corrected chi connectivity index (χ1v) is 10.2. The Kier molecular flexibility index (Phi) is 4.34. The van der Waals surface area contributed by atoms with Gasteiger partial charge in [-0.3, -0.25) is 4.79 Å². The molecule has 3 heterocycles. The highest BCUT2D eigenvalue weighted by molar-refractivity contribution is 6.01. The molecule has 29 heavy (non-hydrogen) atoms. The van der Waals surface area contributed by atoms with E-state index >= 15 is 0 Å². The van der Waals surface area contributed by atoms with Gasteiger partial charge in [0.05, 0.1) is 25.2 Å². The molecule has 0 atom stereocenters. The van der Waals surface area contributed by atoms with Crippen LogP contribution in [0.15, 0.2) is 42.5 Å². The third-order valence-corrected chi connectivity index (χ3v) is 6.33. The maximum atomic E-state index is 13.2. The highest BCUT2D eigenvalue weighted by Gasteiger charge is 2.31. The van der Waals surface area contributed by atoms with E-state index in [0.29, 0.717) is 11.7 Å². The first-order chi connectivity index (χ1) is 14.2. The summed E-state index contributed by atoms with van der Waals surface area (Å²) in [6, 6.07) is 14.8. The van der Waals surface area contributed by atoms with Crippen LogP contribution >= 0.6 is 0 Å². The van der Waals surface area contributed by atoms with Crippen molar-refractivity contribution in [2.45, 2.75) is 25.8 Å². The molecule has 6 nitrogen and oxygen atoms in total. The molecule has 2 aliphatic rings. The van der Waals surface area contributed by atoms with E-state index in [1.807, 2.05) is 30.0 Å². The van der Waals surface area contributed by atoms with Gasteiger partial charge in [-0.05, 0) is 49.6 Å². The minimum Gasteiger partial charge on any atom is -0.497 e. The van der Waals surface area contributed by atoms with Gasteiger partial charge in [0.15, 0.2) is 0 Å². The van der Waals surface area contributed by atoms with E-state index in [-0.39, 0.29) is 5.91 Å². The van der Waals surface area contributed by atoms with E-state index < -0.39 is 0 Å². The number of carbonyl (C=O) groups excluding carboxylic acids is 1. The van der Waals surface area contributed by atoms with Crippen LogP contribution in [0.4, 0.5) is 11.4 Å². The number of likely N-dealkylation sites (tertiary alicyclic amines) is 1. The van der Waals surface area contributed by atoms with Gasteiger partial charge in [-0.15, -0.1) is 0 Å². The average molecular weight is 390 g/mol. The number of amides is 1. The standard InChI is InChI=1S/C23H26N4O2/c1-15-18-8-7-17(29-2)13-20(18)25-22(15)23(28)26-11-9-16(10-12-26)27-14-24-19-5-3-4-6-21(19)27/h3-8,13,16,24-25H,9-12,14H2,1-2H3. The molecule has 0 unspecified atom stereocenters. The van der Waals surface area contributed by atoms with Gasteiger partial charge in [0.2, 0.25) is 0 Å². The van der Waals surface area contributed by atoms with E-state index in [0.717, 1.165) is 54.8 Å². The SMILES string of the molecule is COc1ccc2c(C)c(C(=O)N3CCC(N4CNc5ccccc54)CC3)[nH]c2c1. The molecule has 0 saturated carbocycles. The summed E-state index contributed by atoms with van der Waals surface area (Å²) < 4.78 is 5.31. The van der Waals surface area contributed by atoms with Gasteiger partial charge < -0.3 is 24.8 Å². The number of rotatable bonds is 3. The number of anilines is 2. The number of aryl methyl sites for hydroxylation is 1. The Hall–Kier alpha value is -3.15. The van der Waals surface area contributed by atoms with Crippen LogP contribution in [0.2, 0.25) is 0 Å². The fourth-order valence-electron chi connectivity index (χ4n) is 4.65. The molecule has 1 saturated heterocycles. The molecule has 0 bridgehead atoms. The van der Waals surface area contributed by atoms with Gasteiger partial charge in [0, 0.05) is 36.1 Å². The Labute approximate surface area is 170 Å².